The number of fused-ring (bicyclic) bond motifs is 1. The fourth-order valence-corrected chi connectivity index (χ4v) is 2.71. The lowest BCUT2D eigenvalue weighted by molar-refractivity contribution is 0.526. The maximum absolute atomic E-state index is 13.5. The van der Waals surface area contributed by atoms with Crippen molar-refractivity contribution in [1.82, 2.24) is 19.3 Å². The Morgan fingerprint density at radius 1 is 1.24 bits per heavy atom. The number of halogens is 3. The van der Waals surface area contributed by atoms with Crippen LogP contribution in [0.25, 0.3) is 11.0 Å². The highest BCUT2D eigenvalue weighted by Crippen LogP contribution is 2.24. The van der Waals surface area contributed by atoms with Crippen LogP contribution in [0, 0.1) is 5.82 Å². The highest BCUT2D eigenvalue weighted by Gasteiger charge is 2.13. The molecule has 4 nitrogen and oxygen atoms in total. The van der Waals surface area contributed by atoms with Crippen LogP contribution in [0.3, 0.4) is 0 Å². The summed E-state index contributed by atoms with van der Waals surface area (Å²) in [5.74, 6) is 0.524. The van der Waals surface area contributed by atoms with E-state index in [0.29, 0.717) is 11.3 Å². The first kappa shape index (κ1) is 14.4. The Bertz CT molecular complexity index is 752. The molecule has 2 aromatic heterocycles. The molecule has 0 saturated heterocycles. The molecule has 0 aliphatic heterocycles. The minimum atomic E-state index is -0.466. The van der Waals surface area contributed by atoms with Gasteiger partial charge >= 0.3 is 0 Å². The van der Waals surface area contributed by atoms with E-state index in [1.165, 1.54) is 6.07 Å². The van der Waals surface area contributed by atoms with Crippen LogP contribution in [0.4, 0.5) is 4.39 Å². The van der Waals surface area contributed by atoms with Gasteiger partial charge < -0.3 is 4.57 Å². The van der Waals surface area contributed by atoms with Crippen molar-refractivity contribution in [3.8, 4) is 0 Å². The minimum Gasteiger partial charge on any atom is -0.327 e. The normalized spacial score (nSPS) is 11.4. The van der Waals surface area contributed by atoms with E-state index in [-0.39, 0.29) is 10.9 Å². The molecule has 0 aliphatic carbocycles. The number of benzene rings is 1. The number of nitrogens with zero attached hydrogens (tertiary/aromatic N) is 4. The monoisotopic (exact) mass is 326 g/mol. The second-order valence-electron chi connectivity index (χ2n) is 4.69. The zero-order valence-corrected chi connectivity index (χ0v) is 12.6. The largest absolute Gasteiger partial charge is 0.327 e. The number of hydrogen-bond donors (Lipinski definition) is 0. The van der Waals surface area contributed by atoms with Gasteiger partial charge in [0, 0.05) is 31.5 Å². The SMILES string of the molecule is Fc1cc2nc(CCl)n(CCCn3cccn3)c2cc1Cl. The number of alkyl halides is 1. The first-order valence-corrected chi connectivity index (χ1v) is 7.48. The molecular weight excluding hydrogens is 314 g/mol. The molecule has 3 rings (SSSR count). The molecule has 0 saturated carbocycles. The highest BCUT2D eigenvalue weighted by molar-refractivity contribution is 6.31. The van der Waals surface area contributed by atoms with Crippen molar-refractivity contribution in [2.75, 3.05) is 0 Å². The molecular formula is C14H13Cl2FN4. The summed E-state index contributed by atoms with van der Waals surface area (Å²) >= 11 is 11.8. The van der Waals surface area contributed by atoms with Gasteiger partial charge in [-0.05, 0) is 18.6 Å². The lowest BCUT2D eigenvalue weighted by Crippen LogP contribution is -2.07. The van der Waals surface area contributed by atoms with Crippen LogP contribution >= 0.6 is 23.2 Å². The molecule has 21 heavy (non-hydrogen) atoms. The van der Waals surface area contributed by atoms with Crippen LogP contribution < -0.4 is 0 Å². The molecule has 0 unspecified atom stereocenters. The second-order valence-corrected chi connectivity index (χ2v) is 5.37. The van der Waals surface area contributed by atoms with Gasteiger partial charge in [0.05, 0.1) is 21.9 Å². The number of aryl methyl sites for hydroxylation is 2. The van der Waals surface area contributed by atoms with Crippen LogP contribution in [0.15, 0.2) is 30.6 Å². The highest BCUT2D eigenvalue weighted by atomic mass is 35.5. The Morgan fingerprint density at radius 2 is 2.10 bits per heavy atom. The molecule has 0 bridgehead atoms. The van der Waals surface area contributed by atoms with Crippen molar-refractivity contribution in [3.63, 3.8) is 0 Å². The number of hydrogen-bond acceptors (Lipinski definition) is 2. The topological polar surface area (TPSA) is 35.6 Å². The van der Waals surface area contributed by atoms with Crippen LogP contribution in [-0.4, -0.2) is 19.3 Å². The summed E-state index contributed by atoms with van der Waals surface area (Å²) < 4.78 is 17.4. The molecule has 0 atom stereocenters. The predicted octanol–water partition coefficient (Wildman–Crippen LogP) is 3.85. The van der Waals surface area contributed by atoms with E-state index >= 15 is 0 Å². The van der Waals surface area contributed by atoms with E-state index in [1.807, 2.05) is 21.5 Å². The first-order chi connectivity index (χ1) is 10.2. The van der Waals surface area contributed by atoms with E-state index < -0.39 is 5.82 Å². The van der Waals surface area contributed by atoms with Crippen molar-refractivity contribution in [3.05, 3.63) is 47.3 Å². The van der Waals surface area contributed by atoms with Crippen molar-refractivity contribution < 1.29 is 4.39 Å². The average Bonchev–Trinajstić information content (AvgIpc) is 3.08. The van der Waals surface area contributed by atoms with Crippen LogP contribution in [-0.2, 0) is 19.0 Å². The van der Waals surface area contributed by atoms with Gasteiger partial charge in [-0.15, -0.1) is 11.6 Å². The second kappa shape index (κ2) is 6.03. The quantitative estimate of drug-likeness (QED) is 0.667. The molecule has 3 aromatic rings. The summed E-state index contributed by atoms with van der Waals surface area (Å²) in [7, 11) is 0. The Morgan fingerprint density at radius 3 is 2.81 bits per heavy atom. The molecule has 2 heterocycles. The lowest BCUT2D eigenvalue weighted by Gasteiger charge is -2.08. The van der Waals surface area contributed by atoms with E-state index in [4.69, 9.17) is 23.2 Å². The molecule has 7 heteroatoms. The van der Waals surface area contributed by atoms with E-state index in [1.54, 1.807) is 12.3 Å². The zero-order valence-electron chi connectivity index (χ0n) is 11.1. The van der Waals surface area contributed by atoms with E-state index in [9.17, 15) is 4.39 Å². The third-order valence-electron chi connectivity index (χ3n) is 3.32. The van der Waals surface area contributed by atoms with Gasteiger partial charge in [-0.2, -0.15) is 5.10 Å². The maximum Gasteiger partial charge on any atom is 0.144 e. The third-order valence-corrected chi connectivity index (χ3v) is 3.85. The molecule has 0 amide bonds. The van der Waals surface area contributed by atoms with Crippen molar-refractivity contribution in [2.45, 2.75) is 25.4 Å². The van der Waals surface area contributed by atoms with Crippen LogP contribution in [0.5, 0.6) is 0 Å². The molecule has 0 radical (unpaired) electrons. The third kappa shape index (κ3) is 2.89. The Hall–Kier alpha value is -1.59. The first-order valence-electron chi connectivity index (χ1n) is 6.56. The average molecular weight is 327 g/mol. The molecule has 0 N–H and O–H groups in total. The summed E-state index contributed by atoms with van der Waals surface area (Å²) in [4.78, 5) is 4.36. The summed E-state index contributed by atoms with van der Waals surface area (Å²) in [5, 5.41) is 4.26. The van der Waals surface area contributed by atoms with E-state index in [0.717, 1.165) is 25.0 Å². The van der Waals surface area contributed by atoms with Crippen molar-refractivity contribution >= 4 is 34.2 Å². The zero-order chi connectivity index (χ0) is 14.8. The molecule has 0 aliphatic rings. The van der Waals surface area contributed by atoms with Crippen molar-refractivity contribution in [1.29, 1.82) is 0 Å². The fraction of sp³-hybridized carbons (Fsp3) is 0.286. The summed E-state index contributed by atoms with van der Waals surface area (Å²) in [6, 6.07) is 4.83. The summed E-state index contributed by atoms with van der Waals surface area (Å²) in [6.45, 7) is 1.52. The Kier molecular flexibility index (Phi) is 4.12. The van der Waals surface area contributed by atoms with Gasteiger partial charge in [0.15, 0.2) is 0 Å². The number of aromatic nitrogens is 4. The summed E-state index contributed by atoms with van der Waals surface area (Å²) in [5.41, 5.74) is 1.38. The Balaban J connectivity index is 1.87. The smallest absolute Gasteiger partial charge is 0.144 e. The molecule has 0 spiro atoms. The van der Waals surface area contributed by atoms with Crippen molar-refractivity contribution in [2.24, 2.45) is 0 Å². The van der Waals surface area contributed by atoms with Gasteiger partial charge in [0.25, 0.3) is 0 Å². The lowest BCUT2D eigenvalue weighted by atomic mass is 10.3. The van der Waals surface area contributed by atoms with Gasteiger partial charge in [0.2, 0.25) is 0 Å². The van der Waals surface area contributed by atoms with Gasteiger partial charge in [0.1, 0.15) is 11.6 Å². The summed E-state index contributed by atoms with van der Waals surface area (Å²) in [6.07, 6.45) is 4.53. The predicted molar refractivity (Wildman–Crippen MR) is 81.1 cm³/mol. The minimum absolute atomic E-state index is 0.0943. The molecule has 1 aromatic carbocycles. The van der Waals surface area contributed by atoms with Gasteiger partial charge in [-0.1, -0.05) is 11.6 Å². The van der Waals surface area contributed by atoms with Crippen LogP contribution in [0.1, 0.15) is 12.2 Å². The molecule has 0 fully saturated rings. The maximum atomic E-state index is 13.5. The van der Waals surface area contributed by atoms with Gasteiger partial charge in [-0.25, -0.2) is 9.37 Å². The number of imidazole rings is 1. The van der Waals surface area contributed by atoms with Crippen LogP contribution in [0.2, 0.25) is 5.02 Å². The fourth-order valence-electron chi connectivity index (χ4n) is 2.35. The standard InChI is InChI=1S/C14H13Cl2FN4/c15-9-14-19-12-8-11(17)10(16)7-13(12)21(14)6-2-5-20-4-1-3-18-20/h1,3-4,7-8H,2,5-6,9H2. The molecule has 110 valence electrons. The van der Waals surface area contributed by atoms with Gasteiger partial charge in [-0.3, -0.25) is 4.68 Å². The van der Waals surface area contributed by atoms with E-state index in [2.05, 4.69) is 10.1 Å². The number of rotatable bonds is 5. The Labute approximate surface area is 131 Å².